The van der Waals surface area contributed by atoms with E-state index in [0.717, 1.165) is 0 Å². The molecule has 1 atom stereocenters. The van der Waals surface area contributed by atoms with Gasteiger partial charge in [-0.05, 0) is 19.1 Å². The van der Waals surface area contributed by atoms with Crippen LogP contribution in [-0.2, 0) is 14.8 Å². The molecule has 1 fully saturated rings. The summed E-state index contributed by atoms with van der Waals surface area (Å²) in [6, 6.07) is 5.39. The van der Waals surface area contributed by atoms with E-state index in [0.29, 0.717) is 12.1 Å². The minimum atomic E-state index is -3.74. The molecular formula is C12H15N3O3S2. The van der Waals surface area contributed by atoms with E-state index in [1.165, 1.54) is 16.4 Å². The lowest BCUT2D eigenvalue weighted by Crippen LogP contribution is -2.55. The molecule has 1 heterocycles. The molecule has 1 unspecified atom stereocenters. The van der Waals surface area contributed by atoms with Crippen LogP contribution in [0.25, 0.3) is 0 Å². The summed E-state index contributed by atoms with van der Waals surface area (Å²) in [4.78, 5) is 11.8. The molecule has 1 aliphatic heterocycles. The van der Waals surface area contributed by atoms with Gasteiger partial charge in [0.05, 0.1) is 4.90 Å². The monoisotopic (exact) mass is 313 g/mol. The normalized spacial score (nSPS) is 20.4. The minimum Gasteiger partial charge on any atom is -0.389 e. The van der Waals surface area contributed by atoms with Gasteiger partial charge in [0.1, 0.15) is 11.0 Å². The molecule has 3 N–H and O–H groups in total. The van der Waals surface area contributed by atoms with Crippen molar-refractivity contribution in [3.05, 3.63) is 29.8 Å². The van der Waals surface area contributed by atoms with Gasteiger partial charge in [0.15, 0.2) is 0 Å². The Labute approximate surface area is 123 Å². The highest BCUT2D eigenvalue weighted by Gasteiger charge is 2.35. The van der Waals surface area contributed by atoms with Crippen LogP contribution >= 0.6 is 12.2 Å². The number of piperazine rings is 1. The number of carbonyl (C=O) groups excluding carboxylic acids is 1. The summed E-state index contributed by atoms with van der Waals surface area (Å²) >= 11 is 4.85. The van der Waals surface area contributed by atoms with Gasteiger partial charge in [-0.2, -0.15) is 4.31 Å². The molecule has 108 valence electrons. The number of benzene rings is 1. The number of nitrogens with one attached hydrogen (secondary N) is 1. The van der Waals surface area contributed by atoms with E-state index in [2.05, 4.69) is 5.32 Å². The number of nitrogens with two attached hydrogens (primary N) is 1. The molecule has 2 rings (SSSR count). The van der Waals surface area contributed by atoms with Gasteiger partial charge in [-0.25, -0.2) is 8.42 Å². The largest absolute Gasteiger partial charge is 0.389 e. The van der Waals surface area contributed by atoms with E-state index in [-0.39, 0.29) is 22.3 Å². The fraction of sp³-hybridized carbons (Fsp3) is 0.333. The second kappa shape index (κ2) is 5.47. The third kappa shape index (κ3) is 2.67. The SMILES string of the molecule is CC1C(=O)NCCN1S(=O)(=O)c1cccc(C(N)=S)c1. The van der Waals surface area contributed by atoms with Crippen molar-refractivity contribution in [2.24, 2.45) is 5.73 Å². The van der Waals surface area contributed by atoms with Crippen LogP contribution in [0, 0.1) is 0 Å². The zero-order valence-corrected chi connectivity index (χ0v) is 12.5. The smallest absolute Gasteiger partial charge is 0.243 e. The Hall–Kier alpha value is -1.51. The number of rotatable bonds is 3. The quantitative estimate of drug-likeness (QED) is 0.756. The number of amides is 1. The highest BCUT2D eigenvalue weighted by Crippen LogP contribution is 2.20. The van der Waals surface area contributed by atoms with Gasteiger partial charge in [0.25, 0.3) is 0 Å². The summed E-state index contributed by atoms with van der Waals surface area (Å²) in [7, 11) is -3.74. The van der Waals surface area contributed by atoms with E-state index in [1.54, 1.807) is 19.1 Å². The summed E-state index contributed by atoms with van der Waals surface area (Å²) in [5, 5.41) is 2.63. The van der Waals surface area contributed by atoms with Gasteiger partial charge in [-0.3, -0.25) is 4.79 Å². The van der Waals surface area contributed by atoms with Gasteiger partial charge in [0, 0.05) is 18.7 Å². The van der Waals surface area contributed by atoms with E-state index >= 15 is 0 Å². The average molecular weight is 313 g/mol. The number of sulfonamides is 1. The average Bonchev–Trinajstić information content (AvgIpc) is 2.41. The number of hydrogen-bond donors (Lipinski definition) is 2. The van der Waals surface area contributed by atoms with Crippen LogP contribution in [0.3, 0.4) is 0 Å². The van der Waals surface area contributed by atoms with Crippen LogP contribution in [0.15, 0.2) is 29.2 Å². The molecule has 0 radical (unpaired) electrons. The second-order valence-electron chi connectivity index (χ2n) is 4.47. The van der Waals surface area contributed by atoms with E-state index in [4.69, 9.17) is 18.0 Å². The molecular weight excluding hydrogens is 298 g/mol. The van der Waals surface area contributed by atoms with Crippen molar-refractivity contribution in [3.8, 4) is 0 Å². The molecule has 20 heavy (non-hydrogen) atoms. The summed E-state index contributed by atoms with van der Waals surface area (Å²) in [6.07, 6.45) is 0. The Bertz CT molecular complexity index is 658. The molecule has 1 aliphatic rings. The first-order chi connectivity index (χ1) is 9.34. The van der Waals surface area contributed by atoms with Crippen molar-refractivity contribution < 1.29 is 13.2 Å². The van der Waals surface area contributed by atoms with Gasteiger partial charge in [-0.1, -0.05) is 24.4 Å². The van der Waals surface area contributed by atoms with Crippen LogP contribution < -0.4 is 11.1 Å². The zero-order chi connectivity index (χ0) is 14.9. The lowest BCUT2D eigenvalue weighted by atomic mass is 10.2. The molecule has 6 nitrogen and oxygen atoms in total. The van der Waals surface area contributed by atoms with Crippen molar-refractivity contribution in [1.29, 1.82) is 0 Å². The summed E-state index contributed by atoms with van der Waals surface area (Å²) in [5.41, 5.74) is 5.99. The van der Waals surface area contributed by atoms with Crippen LogP contribution in [0.4, 0.5) is 0 Å². The standard InChI is InChI=1S/C12H15N3O3S2/c1-8-12(16)14-5-6-15(8)20(17,18)10-4-2-3-9(7-10)11(13)19/h2-4,7-8H,5-6H2,1H3,(H2,13,19)(H,14,16). The maximum absolute atomic E-state index is 12.6. The molecule has 0 bridgehead atoms. The first-order valence-corrected chi connectivity index (χ1v) is 7.88. The number of hydrogen-bond acceptors (Lipinski definition) is 4. The maximum atomic E-state index is 12.6. The zero-order valence-electron chi connectivity index (χ0n) is 10.9. The first-order valence-electron chi connectivity index (χ1n) is 6.03. The molecule has 1 aromatic rings. The van der Waals surface area contributed by atoms with E-state index in [1.807, 2.05) is 0 Å². The highest BCUT2D eigenvalue weighted by molar-refractivity contribution is 7.89. The Kier molecular flexibility index (Phi) is 4.07. The minimum absolute atomic E-state index is 0.0874. The topological polar surface area (TPSA) is 92.5 Å². The van der Waals surface area contributed by atoms with E-state index < -0.39 is 16.1 Å². The lowest BCUT2D eigenvalue weighted by molar-refractivity contribution is -0.126. The molecule has 0 saturated carbocycles. The maximum Gasteiger partial charge on any atom is 0.243 e. The van der Waals surface area contributed by atoms with Crippen molar-refractivity contribution in [2.45, 2.75) is 17.9 Å². The van der Waals surface area contributed by atoms with Crippen LogP contribution in [0.1, 0.15) is 12.5 Å². The third-order valence-corrected chi connectivity index (χ3v) is 5.37. The predicted octanol–water partition coefficient (Wildman–Crippen LogP) is -0.170. The van der Waals surface area contributed by atoms with Crippen LogP contribution in [0.2, 0.25) is 0 Å². The summed E-state index contributed by atoms with van der Waals surface area (Å²) in [5.74, 6) is -0.301. The Balaban J connectivity index is 2.42. The van der Waals surface area contributed by atoms with Gasteiger partial charge in [0.2, 0.25) is 15.9 Å². The lowest BCUT2D eigenvalue weighted by Gasteiger charge is -2.31. The molecule has 1 amide bonds. The molecule has 0 aromatic heterocycles. The Morgan fingerprint density at radius 3 is 2.85 bits per heavy atom. The van der Waals surface area contributed by atoms with Crippen molar-refractivity contribution in [1.82, 2.24) is 9.62 Å². The highest BCUT2D eigenvalue weighted by atomic mass is 32.2. The molecule has 1 saturated heterocycles. The fourth-order valence-electron chi connectivity index (χ4n) is 2.03. The van der Waals surface area contributed by atoms with E-state index in [9.17, 15) is 13.2 Å². The molecule has 0 spiro atoms. The van der Waals surface area contributed by atoms with Crippen molar-refractivity contribution in [2.75, 3.05) is 13.1 Å². The van der Waals surface area contributed by atoms with Crippen LogP contribution in [-0.4, -0.2) is 42.8 Å². The summed E-state index contributed by atoms with van der Waals surface area (Å²) in [6.45, 7) is 2.10. The Morgan fingerprint density at radius 2 is 2.20 bits per heavy atom. The van der Waals surface area contributed by atoms with Crippen LogP contribution in [0.5, 0.6) is 0 Å². The molecule has 1 aromatic carbocycles. The Morgan fingerprint density at radius 1 is 1.50 bits per heavy atom. The first kappa shape index (κ1) is 14.9. The molecule has 8 heteroatoms. The number of nitrogens with zero attached hydrogens (tertiary/aromatic N) is 1. The fourth-order valence-corrected chi connectivity index (χ4v) is 3.80. The molecule has 0 aliphatic carbocycles. The summed E-state index contributed by atoms with van der Waals surface area (Å²) < 4.78 is 26.3. The van der Waals surface area contributed by atoms with Gasteiger partial charge >= 0.3 is 0 Å². The van der Waals surface area contributed by atoms with Gasteiger partial charge < -0.3 is 11.1 Å². The number of thiocarbonyl (C=S) groups is 1. The van der Waals surface area contributed by atoms with Crippen molar-refractivity contribution >= 4 is 33.1 Å². The predicted molar refractivity (Wildman–Crippen MR) is 78.7 cm³/mol. The van der Waals surface area contributed by atoms with Gasteiger partial charge in [-0.15, -0.1) is 0 Å². The second-order valence-corrected chi connectivity index (χ2v) is 6.81. The third-order valence-electron chi connectivity index (χ3n) is 3.17. The number of carbonyl (C=O) groups is 1. The van der Waals surface area contributed by atoms with Crippen molar-refractivity contribution in [3.63, 3.8) is 0 Å².